The van der Waals surface area contributed by atoms with Gasteiger partial charge in [-0.3, -0.25) is 0 Å². The van der Waals surface area contributed by atoms with E-state index in [1.165, 1.54) is 6.07 Å². The summed E-state index contributed by atoms with van der Waals surface area (Å²) < 4.78 is 5.51. The number of nitrogens with two attached hydrogens (primary N) is 1. The highest BCUT2D eigenvalue weighted by molar-refractivity contribution is 6.30. The van der Waals surface area contributed by atoms with Crippen LogP contribution in [0.4, 0.5) is 5.69 Å². The molecule has 0 radical (unpaired) electrons. The van der Waals surface area contributed by atoms with Crippen LogP contribution in [-0.2, 0) is 6.61 Å². The second kappa shape index (κ2) is 4.97. The summed E-state index contributed by atoms with van der Waals surface area (Å²) in [5.74, 6) is 0.792. The molecule has 0 spiro atoms. The largest absolute Gasteiger partial charge is 0.507 e. The van der Waals surface area contributed by atoms with Crippen LogP contribution in [0.25, 0.3) is 0 Å². The second-order valence-corrected chi connectivity index (χ2v) is 4.07. The lowest BCUT2D eigenvalue weighted by atomic mass is 10.2. The van der Waals surface area contributed by atoms with E-state index in [0.29, 0.717) is 22.0 Å². The minimum atomic E-state index is 0.132. The van der Waals surface area contributed by atoms with Crippen LogP contribution in [0.5, 0.6) is 11.5 Å². The van der Waals surface area contributed by atoms with Crippen LogP contribution in [0.3, 0.4) is 0 Å². The summed E-state index contributed by atoms with van der Waals surface area (Å²) in [6.45, 7) is 0.270. The summed E-state index contributed by atoms with van der Waals surface area (Å²) in [6, 6.07) is 12.0. The van der Waals surface area contributed by atoms with E-state index < -0.39 is 0 Å². The van der Waals surface area contributed by atoms with Crippen molar-refractivity contribution in [3.8, 4) is 11.5 Å². The van der Waals surface area contributed by atoms with E-state index in [9.17, 15) is 5.11 Å². The highest BCUT2D eigenvalue weighted by Crippen LogP contribution is 2.23. The first-order valence-electron chi connectivity index (χ1n) is 5.11. The van der Waals surface area contributed by atoms with Gasteiger partial charge in [0.25, 0.3) is 0 Å². The number of ether oxygens (including phenoxy) is 1. The SMILES string of the molecule is Nc1ccc(COc2cccc(Cl)c2)c(O)c1. The monoisotopic (exact) mass is 249 g/mol. The highest BCUT2D eigenvalue weighted by atomic mass is 35.5. The lowest BCUT2D eigenvalue weighted by Crippen LogP contribution is -1.96. The van der Waals surface area contributed by atoms with Gasteiger partial charge in [0.05, 0.1) is 0 Å². The normalized spacial score (nSPS) is 10.2. The van der Waals surface area contributed by atoms with Gasteiger partial charge in [0.15, 0.2) is 0 Å². The van der Waals surface area contributed by atoms with Crippen LogP contribution in [-0.4, -0.2) is 5.11 Å². The van der Waals surface area contributed by atoms with Gasteiger partial charge in [-0.2, -0.15) is 0 Å². The van der Waals surface area contributed by atoms with Crippen molar-refractivity contribution in [2.45, 2.75) is 6.61 Å². The van der Waals surface area contributed by atoms with Crippen molar-refractivity contribution >= 4 is 17.3 Å². The van der Waals surface area contributed by atoms with Crippen LogP contribution in [0, 0.1) is 0 Å². The minimum Gasteiger partial charge on any atom is -0.507 e. The molecule has 0 aliphatic carbocycles. The number of aromatic hydroxyl groups is 1. The number of phenols is 1. The molecule has 2 aromatic rings. The Hall–Kier alpha value is -1.87. The average molecular weight is 250 g/mol. The first-order valence-corrected chi connectivity index (χ1v) is 5.48. The van der Waals surface area contributed by atoms with E-state index in [0.717, 1.165) is 0 Å². The van der Waals surface area contributed by atoms with Gasteiger partial charge >= 0.3 is 0 Å². The summed E-state index contributed by atoms with van der Waals surface area (Å²) in [5.41, 5.74) is 6.74. The summed E-state index contributed by atoms with van der Waals surface area (Å²) in [4.78, 5) is 0. The Balaban J connectivity index is 2.07. The average Bonchev–Trinajstić information content (AvgIpc) is 2.28. The van der Waals surface area contributed by atoms with E-state index in [-0.39, 0.29) is 12.4 Å². The van der Waals surface area contributed by atoms with E-state index in [1.807, 2.05) is 0 Å². The molecule has 0 aromatic heterocycles. The number of nitrogen functional groups attached to an aromatic ring is 1. The molecule has 0 atom stereocenters. The molecule has 0 unspecified atom stereocenters. The van der Waals surface area contributed by atoms with Gasteiger partial charge in [-0.15, -0.1) is 0 Å². The number of hydrogen-bond donors (Lipinski definition) is 2. The number of hydrogen-bond acceptors (Lipinski definition) is 3. The van der Waals surface area contributed by atoms with Crippen LogP contribution in [0.2, 0.25) is 5.02 Å². The molecule has 2 rings (SSSR count). The smallest absolute Gasteiger partial charge is 0.124 e. The molecular formula is C13H12ClNO2. The zero-order valence-electron chi connectivity index (χ0n) is 9.06. The van der Waals surface area contributed by atoms with E-state index in [1.54, 1.807) is 36.4 Å². The second-order valence-electron chi connectivity index (χ2n) is 3.63. The quantitative estimate of drug-likeness (QED) is 0.822. The summed E-state index contributed by atoms with van der Waals surface area (Å²) in [6.07, 6.45) is 0. The molecule has 0 aliphatic heterocycles. The molecule has 3 nitrogen and oxygen atoms in total. The minimum absolute atomic E-state index is 0.132. The highest BCUT2D eigenvalue weighted by Gasteiger charge is 2.02. The van der Waals surface area contributed by atoms with Crippen molar-refractivity contribution in [3.05, 3.63) is 53.1 Å². The lowest BCUT2D eigenvalue weighted by molar-refractivity contribution is 0.299. The molecule has 0 saturated heterocycles. The van der Waals surface area contributed by atoms with Crippen molar-refractivity contribution in [1.29, 1.82) is 0 Å². The van der Waals surface area contributed by atoms with Crippen LogP contribution in [0.1, 0.15) is 5.56 Å². The zero-order chi connectivity index (χ0) is 12.3. The van der Waals surface area contributed by atoms with Crippen molar-refractivity contribution in [2.24, 2.45) is 0 Å². The van der Waals surface area contributed by atoms with E-state index >= 15 is 0 Å². The van der Waals surface area contributed by atoms with Gasteiger partial charge in [0, 0.05) is 22.3 Å². The predicted octanol–water partition coefficient (Wildman–Crippen LogP) is 3.21. The van der Waals surface area contributed by atoms with Crippen LogP contribution in [0.15, 0.2) is 42.5 Å². The van der Waals surface area contributed by atoms with Gasteiger partial charge in [-0.05, 0) is 30.3 Å². The van der Waals surface area contributed by atoms with Crippen LogP contribution >= 0.6 is 11.6 Å². The van der Waals surface area contributed by atoms with Crippen molar-refractivity contribution in [1.82, 2.24) is 0 Å². The van der Waals surface area contributed by atoms with Gasteiger partial charge < -0.3 is 15.6 Å². The molecule has 2 aromatic carbocycles. The Morgan fingerprint density at radius 2 is 2.00 bits per heavy atom. The fraction of sp³-hybridized carbons (Fsp3) is 0.0769. The third kappa shape index (κ3) is 3.04. The maximum Gasteiger partial charge on any atom is 0.124 e. The van der Waals surface area contributed by atoms with Gasteiger partial charge in [-0.1, -0.05) is 17.7 Å². The summed E-state index contributed by atoms with van der Waals surface area (Å²) >= 11 is 5.83. The topological polar surface area (TPSA) is 55.5 Å². The molecule has 0 fully saturated rings. The molecular weight excluding hydrogens is 238 g/mol. The Bertz CT molecular complexity index is 529. The van der Waals surface area contributed by atoms with Gasteiger partial charge in [0.2, 0.25) is 0 Å². The lowest BCUT2D eigenvalue weighted by Gasteiger charge is -2.08. The molecule has 0 bridgehead atoms. The zero-order valence-corrected chi connectivity index (χ0v) is 9.82. The molecule has 0 heterocycles. The maximum absolute atomic E-state index is 9.64. The van der Waals surface area contributed by atoms with Crippen molar-refractivity contribution in [2.75, 3.05) is 5.73 Å². The number of rotatable bonds is 3. The summed E-state index contributed by atoms with van der Waals surface area (Å²) in [5, 5.41) is 10.3. The standard InChI is InChI=1S/C13H12ClNO2/c14-10-2-1-3-12(6-10)17-8-9-4-5-11(15)7-13(9)16/h1-7,16H,8,15H2. The van der Waals surface area contributed by atoms with Crippen LogP contribution < -0.4 is 10.5 Å². The third-order valence-electron chi connectivity index (χ3n) is 2.30. The summed E-state index contributed by atoms with van der Waals surface area (Å²) in [7, 11) is 0. The fourth-order valence-corrected chi connectivity index (χ4v) is 1.60. The van der Waals surface area contributed by atoms with Crippen molar-refractivity contribution < 1.29 is 9.84 Å². The molecule has 0 saturated carbocycles. The number of halogens is 1. The maximum atomic E-state index is 9.64. The third-order valence-corrected chi connectivity index (χ3v) is 2.53. The van der Waals surface area contributed by atoms with E-state index in [4.69, 9.17) is 22.1 Å². The Morgan fingerprint density at radius 1 is 1.18 bits per heavy atom. The Kier molecular flexibility index (Phi) is 3.40. The fourth-order valence-electron chi connectivity index (χ4n) is 1.42. The molecule has 88 valence electrons. The van der Waals surface area contributed by atoms with Gasteiger partial charge in [-0.25, -0.2) is 0 Å². The number of anilines is 1. The first kappa shape index (κ1) is 11.6. The Morgan fingerprint density at radius 3 is 2.71 bits per heavy atom. The predicted molar refractivity (Wildman–Crippen MR) is 68.3 cm³/mol. The molecule has 17 heavy (non-hydrogen) atoms. The first-order chi connectivity index (χ1) is 8.15. The Labute approximate surface area is 104 Å². The molecule has 4 heteroatoms. The van der Waals surface area contributed by atoms with E-state index in [2.05, 4.69) is 0 Å². The molecule has 3 N–H and O–H groups in total. The molecule has 0 amide bonds. The number of phenolic OH excluding ortho intramolecular Hbond substituents is 1. The number of benzene rings is 2. The van der Waals surface area contributed by atoms with Gasteiger partial charge in [0.1, 0.15) is 18.1 Å². The molecule has 0 aliphatic rings. The van der Waals surface area contributed by atoms with Crippen molar-refractivity contribution in [3.63, 3.8) is 0 Å².